The fraction of sp³-hybridized carbons (Fsp3) is 0.278. The molecule has 0 aliphatic carbocycles. The summed E-state index contributed by atoms with van der Waals surface area (Å²) in [6.45, 7) is 0.479. The van der Waals surface area contributed by atoms with Gasteiger partial charge in [0.05, 0.1) is 4.90 Å². The zero-order chi connectivity index (χ0) is 18.7. The van der Waals surface area contributed by atoms with Gasteiger partial charge in [-0.05, 0) is 43.2 Å². The van der Waals surface area contributed by atoms with E-state index < -0.39 is 27.6 Å². The van der Waals surface area contributed by atoms with E-state index in [-0.39, 0.29) is 23.0 Å². The maximum Gasteiger partial charge on any atom is 0.251 e. The van der Waals surface area contributed by atoms with Gasteiger partial charge in [-0.2, -0.15) is 4.31 Å². The standard InChI is InChI=1S/C18H18F2N2O3S/c19-16-9-8-13(11-17(16)20)18(23)21-12-14-5-4-10-22(14)26(24,25)15-6-2-1-3-7-15/h1-3,6-9,11,14H,4-5,10,12H2,(H,21,23)/t14-/m1/s1. The molecule has 2 aromatic carbocycles. The van der Waals surface area contributed by atoms with Gasteiger partial charge in [0, 0.05) is 24.7 Å². The largest absolute Gasteiger partial charge is 0.350 e. The molecule has 8 heteroatoms. The average molecular weight is 380 g/mol. The van der Waals surface area contributed by atoms with Crippen LogP contribution in [0.4, 0.5) is 8.78 Å². The summed E-state index contributed by atoms with van der Waals surface area (Å²) in [6.07, 6.45) is 1.31. The lowest BCUT2D eigenvalue weighted by Crippen LogP contribution is -2.43. The molecule has 0 unspecified atom stereocenters. The van der Waals surface area contributed by atoms with Crippen molar-refractivity contribution in [2.24, 2.45) is 0 Å². The number of amides is 1. The lowest BCUT2D eigenvalue weighted by atomic mass is 10.2. The Kier molecular flexibility index (Phi) is 5.33. The van der Waals surface area contributed by atoms with Gasteiger partial charge in [-0.3, -0.25) is 4.79 Å². The van der Waals surface area contributed by atoms with Crippen LogP contribution in [0.15, 0.2) is 53.4 Å². The Morgan fingerprint density at radius 3 is 2.54 bits per heavy atom. The first kappa shape index (κ1) is 18.5. The average Bonchev–Trinajstić information content (AvgIpc) is 3.12. The van der Waals surface area contributed by atoms with Crippen molar-refractivity contribution >= 4 is 15.9 Å². The van der Waals surface area contributed by atoms with Crippen LogP contribution in [0.3, 0.4) is 0 Å². The Morgan fingerprint density at radius 2 is 1.85 bits per heavy atom. The summed E-state index contributed by atoms with van der Waals surface area (Å²) in [5.41, 5.74) is -0.0145. The SMILES string of the molecule is O=C(NC[C@H]1CCCN1S(=O)(=O)c1ccccc1)c1ccc(F)c(F)c1. The number of hydrogen-bond acceptors (Lipinski definition) is 3. The second-order valence-corrected chi connectivity index (χ2v) is 7.95. The van der Waals surface area contributed by atoms with Crippen LogP contribution in [-0.2, 0) is 10.0 Å². The third-order valence-corrected chi connectivity index (χ3v) is 6.32. The predicted octanol–water partition coefficient (Wildman–Crippen LogP) is 2.55. The zero-order valence-electron chi connectivity index (χ0n) is 13.9. The summed E-state index contributed by atoms with van der Waals surface area (Å²) in [7, 11) is -3.64. The van der Waals surface area contributed by atoms with Crippen LogP contribution in [0.25, 0.3) is 0 Å². The monoisotopic (exact) mass is 380 g/mol. The number of nitrogens with one attached hydrogen (secondary N) is 1. The fourth-order valence-corrected chi connectivity index (χ4v) is 4.72. The molecule has 1 aliphatic heterocycles. The van der Waals surface area contributed by atoms with Crippen molar-refractivity contribution in [1.82, 2.24) is 9.62 Å². The number of halogens is 2. The molecular weight excluding hydrogens is 362 g/mol. The van der Waals surface area contributed by atoms with Crippen LogP contribution in [0.1, 0.15) is 23.2 Å². The Bertz CT molecular complexity index is 904. The van der Waals surface area contributed by atoms with Gasteiger partial charge in [-0.25, -0.2) is 17.2 Å². The highest BCUT2D eigenvalue weighted by Crippen LogP contribution is 2.25. The van der Waals surface area contributed by atoms with Crippen molar-refractivity contribution in [2.45, 2.75) is 23.8 Å². The highest BCUT2D eigenvalue weighted by Gasteiger charge is 2.35. The van der Waals surface area contributed by atoms with Crippen molar-refractivity contribution in [1.29, 1.82) is 0 Å². The molecule has 5 nitrogen and oxygen atoms in total. The topological polar surface area (TPSA) is 66.5 Å². The molecule has 1 aliphatic rings. The molecule has 1 saturated heterocycles. The minimum atomic E-state index is -3.64. The van der Waals surface area contributed by atoms with Gasteiger partial charge < -0.3 is 5.32 Å². The first-order valence-corrected chi connectivity index (χ1v) is 9.64. The van der Waals surface area contributed by atoms with E-state index in [2.05, 4.69) is 5.32 Å². The van der Waals surface area contributed by atoms with Gasteiger partial charge in [-0.15, -0.1) is 0 Å². The van der Waals surface area contributed by atoms with Crippen molar-refractivity contribution in [2.75, 3.05) is 13.1 Å². The number of benzene rings is 2. The lowest BCUT2D eigenvalue weighted by Gasteiger charge is -2.24. The van der Waals surface area contributed by atoms with E-state index in [9.17, 15) is 22.0 Å². The molecule has 26 heavy (non-hydrogen) atoms. The molecule has 138 valence electrons. The van der Waals surface area contributed by atoms with Gasteiger partial charge in [0.2, 0.25) is 10.0 Å². The highest BCUT2D eigenvalue weighted by molar-refractivity contribution is 7.89. The van der Waals surface area contributed by atoms with Crippen LogP contribution < -0.4 is 5.32 Å². The molecule has 0 aromatic heterocycles. The number of sulfonamides is 1. The molecule has 1 heterocycles. The van der Waals surface area contributed by atoms with E-state index >= 15 is 0 Å². The van der Waals surface area contributed by atoms with Crippen LogP contribution in [0, 0.1) is 11.6 Å². The van der Waals surface area contributed by atoms with E-state index in [0.29, 0.717) is 19.4 Å². The van der Waals surface area contributed by atoms with E-state index in [1.807, 2.05) is 0 Å². The predicted molar refractivity (Wildman–Crippen MR) is 92.0 cm³/mol. The van der Waals surface area contributed by atoms with Crippen molar-refractivity contribution in [3.05, 3.63) is 65.7 Å². The molecule has 1 atom stereocenters. The van der Waals surface area contributed by atoms with Gasteiger partial charge in [-0.1, -0.05) is 18.2 Å². The molecule has 0 spiro atoms. The molecule has 1 N–H and O–H groups in total. The third kappa shape index (κ3) is 3.76. The smallest absolute Gasteiger partial charge is 0.251 e. The minimum Gasteiger partial charge on any atom is -0.350 e. The second-order valence-electron chi connectivity index (χ2n) is 6.06. The molecule has 1 amide bonds. The first-order chi connectivity index (χ1) is 12.4. The van der Waals surface area contributed by atoms with Crippen molar-refractivity contribution in [3.63, 3.8) is 0 Å². The van der Waals surface area contributed by atoms with Gasteiger partial charge in [0.25, 0.3) is 5.91 Å². The molecule has 0 radical (unpaired) electrons. The van der Waals surface area contributed by atoms with Gasteiger partial charge in [0.1, 0.15) is 0 Å². The Morgan fingerprint density at radius 1 is 1.12 bits per heavy atom. The maximum atomic E-state index is 13.2. The molecule has 1 fully saturated rings. The highest BCUT2D eigenvalue weighted by atomic mass is 32.2. The molecule has 0 bridgehead atoms. The van der Waals surface area contributed by atoms with E-state index in [4.69, 9.17) is 0 Å². The second kappa shape index (κ2) is 7.51. The number of nitrogens with zero attached hydrogens (tertiary/aromatic N) is 1. The Labute approximate surface area is 150 Å². The molecule has 0 saturated carbocycles. The normalized spacial score (nSPS) is 18.0. The number of hydrogen-bond donors (Lipinski definition) is 1. The lowest BCUT2D eigenvalue weighted by molar-refractivity contribution is 0.0946. The van der Waals surface area contributed by atoms with Gasteiger partial charge in [0.15, 0.2) is 11.6 Å². The van der Waals surface area contributed by atoms with E-state index in [1.165, 1.54) is 22.5 Å². The summed E-state index contributed by atoms with van der Waals surface area (Å²) >= 11 is 0. The Balaban J connectivity index is 1.69. The number of carbonyl (C=O) groups is 1. The summed E-state index contributed by atoms with van der Waals surface area (Å²) < 4.78 is 53.1. The third-order valence-electron chi connectivity index (χ3n) is 4.35. The van der Waals surface area contributed by atoms with E-state index in [0.717, 1.165) is 12.1 Å². The summed E-state index contributed by atoms with van der Waals surface area (Å²) in [6, 6.07) is 10.6. The number of carbonyl (C=O) groups excluding carboxylic acids is 1. The van der Waals surface area contributed by atoms with Crippen LogP contribution in [-0.4, -0.2) is 37.8 Å². The number of rotatable bonds is 5. The first-order valence-electron chi connectivity index (χ1n) is 8.20. The molecular formula is C18H18F2N2O3S. The molecule has 3 rings (SSSR count). The van der Waals surface area contributed by atoms with Crippen molar-refractivity contribution in [3.8, 4) is 0 Å². The molecule has 2 aromatic rings. The van der Waals surface area contributed by atoms with Crippen LogP contribution >= 0.6 is 0 Å². The Hall–Kier alpha value is -2.32. The summed E-state index contributed by atoms with van der Waals surface area (Å²) in [5.74, 6) is -2.71. The van der Waals surface area contributed by atoms with Crippen molar-refractivity contribution < 1.29 is 22.0 Å². The van der Waals surface area contributed by atoms with E-state index in [1.54, 1.807) is 18.2 Å². The zero-order valence-corrected chi connectivity index (χ0v) is 14.7. The quantitative estimate of drug-likeness (QED) is 0.867. The van der Waals surface area contributed by atoms with Crippen LogP contribution in [0.2, 0.25) is 0 Å². The van der Waals surface area contributed by atoms with Crippen LogP contribution in [0.5, 0.6) is 0 Å². The minimum absolute atomic E-state index is 0.0145. The summed E-state index contributed by atoms with van der Waals surface area (Å²) in [4.78, 5) is 12.3. The fourth-order valence-electron chi connectivity index (χ4n) is 3.01. The van der Waals surface area contributed by atoms with Gasteiger partial charge >= 0.3 is 0 Å². The summed E-state index contributed by atoms with van der Waals surface area (Å²) in [5, 5.41) is 2.61. The maximum absolute atomic E-state index is 13.2.